The van der Waals surface area contributed by atoms with Crippen molar-refractivity contribution in [3.63, 3.8) is 0 Å². The fourth-order valence-electron chi connectivity index (χ4n) is 0. The van der Waals surface area contributed by atoms with E-state index in [0.29, 0.717) is 0 Å². The molecule has 0 saturated heterocycles. The fraction of sp³-hybridized carbons (Fsp3) is 0. The molecule has 0 aromatic rings. The molecule has 8 heavy (non-hydrogen) atoms. The van der Waals surface area contributed by atoms with E-state index in [-0.39, 0.29) is 17.1 Å². The third-order valence-corrected chi connectivity index (χ3v) is 0. The minimum atomic E-state index is -10.8. The minimum Gasteiger partial charge on any atom is 2.00 e. The van der Waals surface area contributed by atoms with Crippen LogP contribution in [0.25, 0.3) is 0 Å². The molecule has 0 aliphatic rings. The van der Waals surface area contributed by atoms with E-state index >= 15 is 0 Å². The molecule has 0 aliphatic carbocycles. The summed E-state index contributed by atoms with van der Waals surface area (Å²) in [5.74, 6) is 0. The van der Waals surface area contributed by atoms with Crippen molar-refractivity contribution < 1.29 is 41.7 Å². The van der Waals surface area contributed by atoms with Gasteiger partial charge in [0.1, 0.15) is 0 Å². The smallest absolute Gasteiger partial charge is 2.00 e. The van der Waals surface area contributed by atoms with Gasteiger partial charge in [0.2, 0.25) is 0 Å². The average Bonchev–Trinajstić information content (AvgIpc) is 0.592. The van der Waals surface area contributed by atoms with Gasteiger partial charge in [-0.2, -0.15) is 0 Å². The number of hydrogen-bond acceptors (Lipinski definition) is 0. The largest absolute Gasteiger partial charge is 2.00 e. The van der Waals surface area contributed by atoms with Crippen LogP contribution in [0.3, 0.4) is 0 Å². The Hall–Kier alpha value is 0.316. The van der Waals surface area contributed by atoms with Crippen molar-refractivity contribution in [2.45, 2.75) is 0 Å². The minimum absolute atomic E-state index is 0. The van der Waals surface area contributed by atoms with Crippen LogP contribution in [-0.4, -0.2) is 8.63 Å². The van der Waals surface area contributed by atoms with Gasteiger partial charge >= 0.3 is 50.3 Å². The van der Waals surface area contributed by atoms with Gasteiger partial charge in [0.15, 0.2) is 0 Å². The second-order valence-corrected chi connectivity index (χ2v) is 3.21. The molecule has 0 atom stereocenters. The summed E-state index contributed by atoms with van der Waals surface area (Å²) in [7, 11) is -10.8. The molecule has 0 saturated carbocycles. The van der Waals surface area contributed by atoms with Crippen LogP contribution in [0, 0.1) is 0 Å². The molecule has 0 aliphatic heterocycles. The van der Waals surface area contributed by atoms with E-state index in [1.54, 1.807) is 0 Å². The van der Waals surface area contributed by atoms with E-state index < -0.39 is 8.63 Å². The zero-order chi connectivity index (χ0) is 6.41. The molecule has 54 valence electrons. The van der Waals surface area contributed by atoms with Gasteiger partial charge in [-0.25, -0.2) is 0 Å². The van der Waals surface area contributed by atoms with Gasteiger partial charge in [0.05, 0.1) is 0 Å². The van der Waals surface area contributed by atoms with Crippen molar-refractivity contribution in [3.05, 3.63) is 0 Å². The molecule has 0 spiro atoms. The molecule has 0 rings (SSSR count). The first-order valence-corrected chi connectivity index (χ1v) is 3.40. The quantitative estimate of drug-likeness (QED) is 0.317. The topological polar surface area (TPSA) is 0 Å². The molecule has 8 heteroatoms. The Kier molecular flexibility index (Phi) is 1.74. The normalized spacial score (nSPS) is 20.2. The number of halogens is 6. The molecule has 0 aromatic carbocycles. The van der Waals surface area contributed by atoms with Gasteiger partial charge < -0.3 is 0 Å². The van der Waals surface area contributed by atoms with Crippen molar-refractivity contribution >= 4 is 8.63 Å². The summed E-state index contributed by atoms with van der Waals surface area (Å²) in [4.78, 5) is 0. The van der Waals surface area contributed by atoms with Gasteiger partial charge in [-0.15, -0.1) is 0 Å². The van der Waals surface area contributed by atoms with Crippen LogP contribution in [0.2, 0.25) is 0 Å². The van der Waals surface area contributed by atoms with Crippen LogP contribution >= 0.6 is 0 Å². The monoisotopic (exact) mass is 198 g/mol. The third-order valence-electron chi connectivity index (χ3n) is 0. The van der Waals surface area contributed by atoms with E-state index in [1.807, 2.05) is 0 Å². The van der Waals surface area contributed by atoms with Crippen molar-refractivity contribution in [2.24, 2.45) is 0 Å². The summed E-state index contributed by atoms with van der Waals surface area (Å²) in [5, 5.41) is 0. The molecule has 0 fully saturated rings. The van der Waals surface area contributed by atoms with Crippen molar-refractivity contribution in [1.82, 2.24) is 0 Å². The van der Waals surface area contributed by atoms with Gasteiger partial charge in [-0.1, -0.05) is 0 Å². The summed E-state index contributed by atoms with van der Waals surface area (Å²) >= 11 is 0. The Morgan fingerprint density at radius 3 is 0.625 bits per heavy atom. The van der Waals surface area contributed by atoms with E-state index in [1.165, 1.54) is 0 Å². The van der Waals surface area contributed by atoms with Crippen molar-refractivity contribution in [2.75, 3.05) is 0 Å². The second-order valence-electron chi connectivity index (χ2n) is 1.07. The van der Waals surface area contributed by atoms with E-state index in [4.69, 9.17) is 0 Å². The molecule has 0 amide bonds. The molecule has 0 aromatic heterocycles. The van der Waals surface area contributed by atoms with E-state index in [2.05, 4.69) is 0 Å². The molecular formula is F6FeSi. The summed E-state index contributed by atoms with van der Waals surface area (Å²) in [5.41, 5.74) is 0. The third kappa shape index (κ3) is 1780. The van der Waals surface area contributed by atoms with Crippen LogP contribution in [0.1, 0.15) is 0 Å². The Morgan fingerprint density at radius 1 is 0.625 bits per heavy atom. The number of hydrogen-bond donors (Lipinski definition) is 0. The molecule has 0 heterocycles. The molecule has 0 nitrogen and oxygen atoms in total. The maximum atomic E-state index is 9.88. The van der Waals surface area contributed by atoms with Crippen molar-refractivity contribution in [1.29, 1.82) is 0 Å². The SMILES string of the molecule is F[Si-2](F)(F)(F)(F)F.[Fe+2]. The fourth-order valence-corrected chi connectivity index (χ4v) is 0. The Bertz CT molecular complexity index is 67.1. The zero-order valence-corrected chi connectivity index (χ0v) is 5.23. The van der Waals surface area contributed by atoms with Gasteiger partial charge in [-0.3, -0.25) is 0 Å². The summed E-state index contributed by atoms with van der Waals surface area (Å²) in [6.45, 7) is 0. The maximum Gasteiger partial charge on any atom is 2.00 e. The molecule has 0 radical (unpaired) electrons. The van der Waals surface area contributed by atoms with Crippen LogP contribution < -0.4 is 0 Å². The average molecular weight is 198 g/mol. The first-order valence-electron chi connectivity index (χ1n) is 1.13. The van der Waals surface area contributed by atoms with Gasteiger partial charge in [0, 0.05) is 0 Å². The predicted molar refractivity (Wildman–Crippen MR) is 12.4 cm³/mol. The summed E-state index contributed by atoms with van der Waals surface area (Å²) in [6.07, 6.45) is 0. The first-order chi connectivity index (χ1) is 2.45. The molecule has 0 N–H and O–H groups in total. The van der Waals surface area contributed by atoms with E-state index in [0.717, 1.165) is 0 Å². The van der Waals surface area contributed by atoms with Crippen LogP contribution in [-0.2, 0) is 17.1 Å². The Balaban J connectivity index is 0. The second kappa shape index (κ2) is 1.24. The summed E-state index contributed by atoms with van der Waals surface area (Å²) in [6, 6.07) is 0. The van der Waals surface area contributed by atoms with Crippen LogP contribution in [0.5, 0.6) is 0 Å². The molecular weight excluding hydrogens is 198 g/mol. The molecule has 0 unspecified atom stereocenters. The van der Waals surface area contributed by atoms with Gasteiger partial charge in [0.25, 0.3) is 0 Å². The van der Waals surface area contributed by atoms with Gasteiger partial charge in [-0.05, 0) is 0 Å². The van der Waals surface area contributed by atoms with Crippen molar-refractivity contribution in [3.8, 4) is 0 Å². The Morgan fingerprint density at radius 2 is 0.625 bits per heavy atom. The predicted octanol–water partition coefficient (Wildman–Crippen LogP) is 2.14. The number of rotatable bonds is 0. The van der Waals surface area contributed by atoms with Crippen LogP contribution in [0.15, 0.2) is 0 Å². The van der Waals surface area contributed by atoms with E-state index in [9.17, 15) is 24.6 Å². The Labute approximate surface area is 51.2 Å². The van der Waals surface area contributed by atoms with Crippen LogP contribution in [0.4, 0.5) is 24.6 Å². The zero-order valence-electron chi connectivity index (χ0n) is 3.12. The molecule has 0 bridgehead atoms. The summed E-state index contributed by atoms with van der Waals surface area (Å²) < 4.78 is 59.3. The maximum absolute atomic E-state index is 10.8. The standard InChI is InChI=1S/F6Si.Fe/c1-7(2,3,4,5)6;/q-2;+2. The first kappa shape index (κ1) is 11.2.